The van der Waals surface area contributed by atoms with Gasteiger partial charge in [0.25, 0.3) is 0 Å². The molecule has 0 amide bonds. The molecule has 18 heavy (non-hydrogen) atoms. The molecule has 0 radical (unpaired) electrons. The first-order valence-electron chi connectivity index (χ1n) is 4.53. The van der Waals surface area contributed by atoms with Crippen molar-refractivity contribution in [3.63, 3.8) is 0 Å². The first-order chi connectivity index (χ1) is 6.88. The van der Waals surface area contributed by atoms with Crippen molar-refractivity contribution in [3.05, 3.63) is 71.8 Å². The van der Waals surface area contributed by atoms with Crippen LogP contribution >= 0.6 is 0 Å². The fourth-order valence-electron chi connectivity index (χ4n) is 1.35. The average molecular weight is 278 g/mol. The summed E-state index contributed by atoms with van der Waals surface area (Å²) in [5.74, 6) is 0.0752. The standard InChI is InChI=1S/C13H10O.4Na.4H/c14-13(11-7-3-1-4-8-11)12-9-5-2-6-10-12;;;;;;;;/h1-10H;;;;;;;;. The van der Waals surface area contributed by atoms with Crippen LogP contribution in [-0.2, 0) is 0 Å². The molecule has 2 rings (SSSR count). The Balaban J connectivity index is -0.000000562. The number of hydrogen-bond acceptors (Lipinski definition) is 1. The van der Waals surface area contributed by atoms with Crippen molar-refractivity contribution in [1.82, 2.24) is 0 Å². The maximum absolute atomic E-state index is 11.8. The molecule has 2 aromatic carbocycles. The molecular formula is C13H14Na4O. The second-order valence-electron chi connectivity index (χ2n) is 3.06. The van der Waals surface area contributed by atoms with Crippen LogP contribution in [0.25, 0.3) is 0 Å². The van der Waals surface area contributed by atoms with E-state index in [-0.39, 0.29) is 124 Å². The summed E-state index contributed by atoms with van der Waals surface area (Å²) in [6.45, 7) is 0. The summed E-state index contributed by atoms with van der Waals surface area (Å²) >= 11 is 0. The third-order valence-electron chi connectivity index (χ3n) is 2.07. The van der Waals surface area contributed by atoms with Gasteiger partial charge in [-0.2, -0.15) is 0 Å². The van der Waals surface area contributed by atoms with Crippen LogP contribution in [0, 0.1) is 0 Å². The summed E-state index contributed by atoms with van der Waals surface area (Å²) in [6.07, 6.45) is 0. The molecule has 76 valence electrons. The molecule has 1 nitrogen and oxygen atoms in total. The Bertz CT molecular complexity index is 390. The van der Waals surface area contributed by atoms with Gasteiger partial charge in [-0.1, -0.05) is 60.7 Å². The molecule has 2 aromatic rings. The summed E-state index contributed by atoms with van der Waals surface area (Å²) in [4.78, 5) is 11.8. The Hall–Kier alpha value is 2.11. The average Bonchev–Trinajstić information content (AvgIpc) is 2.30. The van der Waals surface area contributed by atoms with Crippen molar-refractivity contribution < 1.29 is 4.79 Å². The first-order valence-corrected chi connectivity index (χ1v) is 4.53. The van der Waals surface area contributed by atoms with E-state index >= 15 is 0 Å². The predicted molar refractivity (Wildman–Crippen MR) is 84.9 cm³/mol. The third kappa shape index (κ3) is 7.78. The van der Waals surface area contributed by atoms with Crippen molar-refractivity contribution >= 4 is 124 Å². The minimum absolute atomic E-state index is 0. The Morgan fingerprint density at radius 2 is 0.833 bits per heavy atom. The van der Waals surface area contributed by atoms with E-state index in [1.54, 1.807) is 0 Å². The van der Waals surface area contributed by atoms with Crippen LogP contribution in [0.15, 0.2) is 60.7 Å². The molecule has 0 unspecified atom stereocenters. The van der Waals surface area contributed by atoms with E-state index in [2.05, 4.69) is 0 Å². The third-order valence-corrected chi connectivity index (χ3v) is 2.07. The van der Waals surface area contributed by atoms with E-state index in [9.17, 15) is 4.79 Å². The van der Waals surface area contributed by atoms with E-state index in [1.165, 1.54) is 0 Å². The quantitative estimate of drug-likeness (QED) is 0.571. The number of carbonyl (C=O) groups is 1. The fraction of sp³-hybridized carbons (Fsp3) is 0. The molecule has 0 aromatic heterocycles. The predicted octanol–water partition coefficient (Wildman–Crippen LogP) is 0.324. The van der Waals surface area contributed by atoms with Crippen molar-refractivity contribution in [2.45, 2.75) is 0 Å². The van der Waals surface area contributed by atoms with Crippen molar-refractivity contribution in [2.24, 2.45) is 0 Å². The number of benzene rings is 2. The molecule has 0 saturated heterocycles. The van der Waals surface area contributed by atoms with Crippen molar-refractivity contribution in [1.29, 1.82) is 0 Å². The van der Waals surface area contributed by atoms with Crippen LogP contribution in [-0.4, -0.2) is 124 Å². The van der Waals surface area contributed by atoms with Gasteiger partial charge in [-0.3, -0.25) is 4.79 Å². The molecule has 0 N–H and O–H groups in total. The van der Waals surface area contributed by atoms with Gasteiger partial charge < -0.3 is 0 Å². The van der Waals surface area contributed by atoms with Crippen molar-refractivity contribution in [2.75, 3.05) is 0 Å². The monoisotopic (exact) mass is 278 g/mol. The zero-order valence-corrected chi connectivity index (χ0v) is 7.68. The minimum atomic E-state index is 0. The number of ketones is 1. The van der Waals surface area contributed by atoms with Crippen LogP contribution < -0.4 is 0 Å². The summed E-state index contributed by atoms with van der Waals surface area (Å²) in [5.41, 5.74) is 1.47. The SMILES string of the molecule is O=C(c1ccccc1)c1ccccc1.[NaH].[NaH].[NaH].[NaH]. The van der Waals surface area contributed by atoms with Crippen LogP contribution in [0.5, 0.6) is 0 Å². The summed E-state index contributed by atoms with van der Waals surface area (Å²) in [5, 5.41) is 0. The zero-order valence-electron chi connectivity index (χ0n) is 7.68. The van der Waals surface area contributed by atoms with E-state index in [0.717, 1.165) is 11.1 Å². The summed E-state index contributed by atoms with van der Waals surface area (Å²) in [6, 6.07) is 18.6. The Labute approximate surface area is 197 Å². The van der Waals surface area contributed by atoms with Gasteiger partial charge in [0.05, 0.1) is 0 Å². The Morgan fingerprint density at radius 1 is 0.556 bits per heavy atom. The van der Waals surface area contributed by atoms with Gasteiger partial charge >= 0.3 is 118 Å². The van der Waals surface area contributed by atoms with Crippen LogP contribution in [0.3, 0.4) is 0 Å². The van der Waals surface area contributed by atoms with E-state index in [0.29, 0.717) is 0 Å². The van der Waals surface area contributed by atoms with E-state index in [4.69, 9.17) is 0 Å². The van der Waals surface area contributed by atoms with Gasteiger partial charge in [-0.25, -0.2) is 0 Å². The topological polar surface area (TPSA) is 17.1 Å². The Kier molecular flexibility index (Phi) is 19.6. The van der Waals surface area contributed by atoms with Crippen molar-refractivity contribution in [3.8, 4) is 0 Å². The van der Waals surface area contributed by atoms with Gasteiger partial charge in [-0.15, -0.1) is 0 Å². The maximum atomic E-state index is 11.8. The molecule has 0 aliphatic carbocycles. The number of carbonyl (C=O) groups excluding carboxylic acids is 1. The molecule has 0 aliphatic rings. The molecule has 0 fully saturated rings. The van der Waals surface area contributed by atoms with Gasteiger partial charge in [-0.05, 0) is 0 Å². The van der Waals surface area contributed by atoms with Crippen LogP contribution in [0.4, 0.5) is 0 Å². The fourth-order valence-corrected chi connectivity index (χ4v) is 1.35. The summed E-state index contributed by atoms with van der Waals surface area (Å²) < 4.78 is 0. The molecule has 0 saturated carbocycles. The second-order valence-corrected chi connectivity index (χ2v) is 3.06. The molecule has 0 aliphatic heterocycles. The number of hydrogen-bond donors (Lipinski definition) is 0. The van der Waals surface area contributed by atoms with Gasteiger partial charge in [0.15, 0.2) is 5.78 Å². The second kappa shape index (κ2) is 14.1. The normalized spacial score (nSPS) is 7.56. The van der Waals surface area contributed by atoms with E-state index < -0.39 is 0 Å². The van der Waals surface area contributed by atoms with Gasteiger partial charge in [0.1, 0.15) is 0 Å². The molecule has 0 atom stereocenters. The molecule has 5 heteroatoms. The molecule has 0 heterocycles. The molecular weight excluding hydrogens is 264 g/mol. The van der Waals surface area contributed by atoms with Crippen LogP contribution in [0.1, 0.15) is 15.9 Å². The van der Waals surface area contributed by atoms with Crippen LogP contribution in [0.2, 0.25) is 0 Å². The molecule has 0 bridgehead atoms. The first kappa shape index (κ1) is 25.1. The zero-order chi connectivity index (χ0) is 9.80. The summed E-state index contributed by atoms with van der Waals surface area (Å²) in [7, 11) is 0. The Morgan fingerprint density at radius 3 is 1.11 bits per heavy atom. The van der Waals surface area contributed by atoms with E-state index in [1.807, 2.05) is 60.7 Å². The van der Waals surface area contributed by atoms with Gasteiger partial charge in [0.2, 0.25) is 0 Å². The van der Waals surface area contributed by atoms with Gasteiger partial charge in [0, 0.05) is 11.1 Å². The molecule has 0 spiro atoms. The number of rotatable bonds is 2.